The highest BCUT2D eigenvalue weighted by molar-refractivity contribution is 5.78. The Bertz CT molecular complexity index is 249. The zero-order chi connectivity index (χ0) is 12.9. The van der Waals surface area contributed by atoms with Gasteiger partial charge in [0, 0.05) is 0 Å². The molecule has 100 valence electrons. The number of hydrogen-bond acceptors (Lipinski definition) is 2. The Morgan fingerprint density at radius 3 is 2.47 bits per heavy atom. The Morgan fingerprint density at radius 2 is 2.00 bits per heavy atom. The van der Waals surface area contributed by atoms with Gasteiger partial charge in [-0.2, -0.15) is 0 Å². The maximum Gasteiger partial charge on any atom is 0.323 e. The van der Waals surface area contributed by atoms with Crippen molar-refractivity contribution in [1.82, 2.24) is 0 Å². The van der Waals surface area contributed by atoms with E-state index in [4.69, 9.17) is 10.8 Å². The molecule has 0 aromatic carbocycles. The van der Waals surface area contributed by atoms with Gasteiger partial charge in [0.2, 0.25) is 0 Å². The first kappa shape index (κ1) is 14.5. The summed E-state index contributed by atoms with van der Waals surface area (Å²) in [6.07, 6.45) is 8.96. The van der Waals surface area contributed by atoms with E-state index in [-0.39, 0.29) is 0 Å². The Hall–Kier alpha value is -0.570. The van der Waals surface area contributed by atoms with E-state index in [2.05, 4.69) is 6.92 Å². The lowest BCUT2D eigenvalue weighted by Gasteiger charge is -2.30. The van der Waals surface area contributed by atoms with Crippen molar-refractivity contribution in [2.45, 2.75) is 70.8 Å². The van der Waals surface area contributed by atoms with E-state index in [0.29, 0.717) is 18.8 Å². The lowest BCUT2D eigenvalue weighted by atomic mass is 9.78. The highest BCUT2D eigenvalue weighted by Crippen LogP contribution is 2.32. The highest BCUT2D eigenvalue weighted by atomic mass is 16.4. The third kappa shape index (κ3) is 4.30. The molecule has 0 spiro atoms. The van der Waals surface area contributed by atoms with Gasteiger partial charge in [-0.25, -0.2) is 0 Å². The minimum atomic E-state index is -1.02. The molecule has 3 nitrogen and oxygen atoms in total. The van der Waals surface area contributed by atoms with Crippen LogP contribution in [0.5, 0.6) is 0 Å². The molecule has 1 saturated carbocycles. The predicted molar refractivity (Wildman–Crippen MR) is 69.8 cm³/mol. The molecule has 0 aromatic heterocycles. The molecule has 0 aromatic rings. The number of rotatable bonds is 6. The van der Waals surface area contributed by atoms with Crippen LogP contribution in [-0.4, -0.2) is 16.6 Å². The largest absolute Gasteiger partial charge is 0.480 e. The molecule has 1 aliphatic carbocycles. The van der Waals surface area contributed by atoms with Gasteiger partial charge in [-0.15, -0.1) is 0 Å². The van der Waals surface area contributed by atoms with Crippen LogP contribution in [0.4, 0.5) is 0 Å². The summed E-state index contributed by atoms with van der Waals surface area (Å²) in [7, 11) is 0. The molecule has 0 radical (unpaired) electrons. The van der Waals surface area contributed by atoms with Crippen LogP contribution in [0.3, 0.4) is 0 Å². The summed E-state index contributed by atoms with van der Waals surface area (Å²) < 4.78 is 0. The van der Waals surface area contributed by atoms with E-state index in [1.54, 1.807) is 0 Å². The number of aliphatic carboxylic acids is 1. The maximum atomic E-state index is 11.2. The zero-order valence-electron chi connectivity index (χ0n) is 11.2. The summed E-state index contributed by atoms with van der Waals surface area (Å²) in [6, 6.07) is 0. The molecule has 2 unspecified atom stereocenters. The van der Waals surface area contributed by atoms with Crippen LogP contribution >= 0.6 is 0 Å². The van der Waals surface area contributed by atoms with E-state index in [1.807, 2.05) is 6.92 Å². The van der Waals surface area contributed by atoms with Gasteiger partial charge in [0.25, 0.3) is 0 Å². The normalized spacial score (nSPS) is 23.0. The Balaban J connectivity index is 2.41. The molecule has 3 heteroatoms. The molecule has 0 amide bonds. The molecule has 1 fully saturated rings. The van der Waals surface area contributed by atoms with Gasteiger partial charge in [0.1, 0.15) is 5.54 Å². The van der Waals surface area contributed by atoms with Gasteiger partial charge in [-0.05, 0) is 31.1 Å². The fraction of sp³-hybridized carbons (Fsp3) is 0.929. The van der Waals surface area contributed by atoms with Crippen molar-refractivity contribution in [2.24, 2.45) is 17.6 Å². The quantitative estimate of drug-likeness (QED) is 0.750. The highest BCUT2D eigenvalue weighted by Gasteiger charge is 2.34. The van der Waals surface area contributed by atoms with E-state index >= 15 is 0 Å². The van der Waals surface area contributed by atoms with Crippen molar-refractivity contribution in [3.05, 3.63) is 0 Å². The average molecular weight is 241 g/mol. The molecule has 0 bridgehead atoms. The van der Waals surface area contributed by atoms with E-state index in [0.717, 1.165) is 12.3 Å². The van der Waals surface area contributed by atoms with Crippen molar-refractivity contribution in [1.29, 1.82) is 0 Å². The summed E-state index contributed by atoms with van der Waals surface area (Å²) in [5, 5.41) is 9.16. The first-order valence-electron chi connectivity index (χ1n) is 7.00. The van der Waals surface area contributed by atoms with Crippen LogP contribution in [0.15, 0.2) is 0 Å². The predicted octanol–water partition coefficient (Wildman–Crippen LogP) is 3.18. The fourth-order valence-electron chi connectivity index (χ4n) is 3.08. The molecular formula is C14H27NO2. The number of carbonyl (C=O) groups is 1. The van der Waals surface area contributed by atoms with Crippen LogP contribution in [-0.2, 0) is 4.79 Å². The van der Waals surface area contributed by atoms with Crippen LogP contribution < -0.4 is 5.73 Å². The smallest absolute Gasteiger partial charge is 0.323 e. The standard InChI is InChI=1S/C14H27NO2/c1-3-14(15,13(16)17)10-11(2)9-12-7-5-4-6-8-12/h11-12H,3-10,15H2,1-2H3,(H,16,17). The van der Waals surface area contributed by atoms with Crippen molar-refractivity contribution >= 4 is 5.97 Å². The van der Waals surface area contributed by atoms with Gasteiger partial charge < -0.3 is 10.8 Å². The first-order valence-corrected chi connectivity index (χ1v) is 7.00. The van der Waals surface area contributed by atoms with Crippen molar-refractivity contribution in [3.8, 4) is 0 Å². The van der Waals surface area contributed by atoms with Crippen LogP contribution in [0, 0.1) is 11.8 Å². The number of hydrogen-bond donors (Lipinski definition) is 2. The topological polar surface area (TPSA) is 63.3 Å². The Kier molecular flexibility index (Phi) is 5.44. The summed E-state index contributed by atoms with van der Waals surface area (Å²) in [6.45, 7) is 4.01. The average Bonchev–Trinajstić information content (AvgIpc) is 2.29. The Labute approximate surface area is 105 Å². The molecule has 0 saturated heterocycles. The van der Waals surface area contributed by atoms with E-state index < -0.39 is 11.5 Å². The third-order valence-corrected chi connectivity index (χ3v) is 4.23. The summed E-state index contributed by atoms with van der Waals surface area (Å²) in [5.74, 6) is 0.364. The molecule has 1 rings (SSSR count). The van der Waals surface area contributed by atoms with Gasteiger partial charge in [0.15, 0.2) is 0 Å². The molecular weight excluding hydrogens is 214 g/mol. The SMILES string of the molecule is CCC(N)(CC(C)CC1CCCCC1)C(=O)O. The van der Waals surface area contributed by atoms with Crippen LogP contribution in [0.2, 0.25) is 0 Å². The van der Waals surface area contributed by atoms with E-state index in [1.165, 1.54) is 32.1 Å². The van der Waals surface area contributed by atoms with Crippen LogP contribution in [0.1, 0.15) is 65.2 Å². The lowest BCUT2D eigenvalue weighted by Crippen LogP contribution is -2.48. The minimum absolute atomic E-state index is 0.416. The third-order valence-electron chi connectivity index (χ3n) is 4.23. The van der Waals surface area contributed by atoms with Crippen molar-refractivity contribution < 1.29 is 9.90 Å². The summed E-state index contributed by atoms with van der Waals surface area (Å²) in [4.78, 5) is 11.2. The second-order valence-corrected chi connectivity index (χ2v) is 5.86. The monoisotopic (exact) mass is 241 g/mol. The lowest BCUT2D eigenvalue weighted by molar-refractivity contribution is -0.144. The molecule has 0 heterocycles. The number of carboxylic acids is 1. The van der Waals surface area contributed by atoms with Crippen molar-refractivity contribution in [3.63, 3.8) is 0 Å². The summed E-state index contributed by atoms with van der Waals surface area (Å²) in [5.41, 5.74) is 4.93. The van der Waals surface area contributed by atoms with Gasteiger partial charge >= 0.3 is 5.97 Å². The van der Waals surface area contributed by atoms with Crippen molar-refractivity contribution in [2.75, 3.05) is 0 Å². The molecule has 3 N–H and O–H groups in total. The van der Waals surface area contributed by atoms with Gasteiger partial charge in [-0.1, -0.05) is 46.0 Å². The van der Waals surface area contributed by atoms with Gasteiger partial charge in [-0.3, -0.25) is 4.79 Å². The van der Waals surface area contributed by atoms with E-state index in [9.17, 15) is 4.79 Å². The molecule has 2 atom stereocenters. The molecule has 17 heavy (non-hydrogen) atoms. The Morgan fingerprint density at radius 1 is 1.41 bits per heavy atom. The molecule has 0 aliphatic heterocycles. The fourth-order valence-corrected chi connectivity index (χ4v) is 3.08. The zero-order valence-corrected chi connectivity index (χ0v) is 11.2. The number of nitrogens with two attached hydrogens (primary N) is 1. The molecule has 1 aliphatic rings. The number of carboxylic acid groups (broad SMARTS) is 1. The maximum absolute atomic E-state index is 11.2. The second-order valence-electron chi connectivity index (χ2n) is 5.86. The second kappa shape index (κ2) is 6.39. The summed E-state index contributed by atoms with van der Waals surface area (Å²) >= 11 is 0. The minimum Gasteiger partial charge on any atom is -0.480 e. The van der Waals surface area contributed by atoms with Crippen LogP contribution in [0.25, 0.3) is 0 Å². The van der Waals surface area contributed by atoms with Gasteiger partial charge in [0.05, 0.1) is 0 Å². The first-order chi connectivity index (χ1) is 7.98.